The molecular formula is C13H18FN3O2. The minimum absolute atomic E-state index is 0.310. The Labute approximate surface area is 110 Å². The number of aromatic nitrogens is 2. The fourth-order valence-corrected chi connectivity index (χ4v) is 1.75. The number of ether oxygens (including phenoxy) is 1. The van der Waals surface area contributed by atoms with E-state index in [1.165, 1.54) is 12.1 Å². The maximum absolute atomic E-state index is 13.0. The molecule has 104 valence electrons. The topological polar surface area (TPSA) is 70.2 Å². The van der Waals surface area contributed by atoms with Crippen molar-refractivity contribution in [3.63, 3.8) is 0 Å². The van der Waals surface area contributed by atoms with E-state index in [1.807, 2.05) is 0 Å². The van der Waals surface area contributed by atoms with Crippen LogP contribution in [0.2, 0.25) is 0 Å². The summed E-state index contributed by atoms with van der Waals surface area (Å²) < 4.78 is 18.0. The Morgan fingerprint density at radius 1 is 1.53 bits per heavy atom. The van der Waals surface area contributed by atoms with Crippen LogP contribution in [0.5, 0.6) is 0 Å². The Balaban J connectivity index is 2.01. The summed E-state index contributed by atoms with van der Waals surface area (Å²) in [5, 5.41) is 13.1. The van der Waals surface area contributed by atoms with Crippen LogP contribution in [0.1, 0.15) is 13.3 Å². The highest BCUT2D eigenvalue weighted by Crippen LogP contribution is 2.16. The van der Waals surface area contributed by atoms with E-state index < -0.39 is 5.60 Å². The number of H-pyrrole nitrogens is 1. The highest BCUT2D eigenvalue weighted by molar-refractivity contribution is 5.77. The van der Waals surface area contributed by atoms with Crippen molar-refractivity contribution in [1.29, 1.82) is 0 Å². The third-order valence-corrected chi connectivity index (χ3v) is 2.93. The largest absolute Gasteiger partial charge is 0.388 e. The molecule has 1 atom stereocenters. The number of hydrogen-bond donors (Lipinski definition) is 3. The average molecular weight is 267 g/mol. The van der Waals surface area contributed by atoms with Gasteiger partial charge >= 0.3 is 0 Å². The number of imidazole rings is 1. The van der Waals surface area contributed by atoms with Gasteiger partial charge in [-0.3, -0.25) is 0 Å². The molecule has 0 amide bonds. The fraction of sp³-hybridized carbons (Fsp3) is 0.462. The normalized spacial score (nSPS) is 14.5. The molecule has 5 nitrogen and oxygen atoms in total. The van der Waals surface area contributed by atoms with Crippen LogP contribution in [0.4, 0.5) is 10.3 Å². The van der Waals surface area contributed by atoms with Crippen LogP contribution >= 0.6 is 0 Å². The predicted molar refractivity (Wildman–Crippen MR) is 71.7 cm³/mol. The Bertz CT molecular complexity index is 554. The molecular weight excluding hydrogens is 249 g/mol. The number of hydrogen-bond acceptors (Lipinski definition) is 4. The minimum atomic E-state index is -0.889. The molecule has 0 saturated heterocycles. The SMILES string of the molecule is COCCC(C)(O)CNc1nc2ccc(F)cc2[nH]1. The van der Waals surface area contributed by atoms with Crippen LogP contribution in [0, 0.1) is 5.82 Å². The molecule has 19 heavy (non-hydrogen) atoms. The van der Waals surface area contributed by atoms with Gasteiger partial charge in [-0.25, -0.2) is 9.37 Å². The van der Waals surface area contributed by atoms with Gasteiger partial charge in [-0.1, -0.05) is 0 Å². The highest BCUT2D eigenvalue weighted by Gasteiger charge is 2.20. The summed E-state index contributed by atoms with van der Waals surface area (Å²) >= 11 is 0. The Morgan fingerprint density at radius 2 is 2.32 bits per heavy atom. The first-order valence-corrected chi connectivity index (χ1v) is 6.11. The monoisotopic (exact) mass is 267 g/mol. The number of aliphatic hydroxyl groups is 1. The van der Waals surface area contributed by atoms with Gasteiger partial charge in [0.2, 0.25) is 5.95 Å². The lowest BCUT2D eigenvalue weighted by molar-refractivity contribution is 0.0356. The van der Waals surface area contributed by atoms with E-state index in [0.717, 1.165) is 0 Å². The number of nitrogens with one attached hydrogen (secondary N) is 2. The molecule has 0 spiro atoms. The number of anilines is 1. The molecule has 3 N–H and O–H groups in total. The van der Waals surface area contributed by atoms with Crippen molar-refractivity contribution in [2.24, 2.45) is 0 Å². The van der Waals surface area contributed by atoms with Crippen molar-refractivity contribution >= 4 is 17.0 Å². The van der Waals surface area contributed by atoms with Crippen molar-refractivity contribution < 1.29 is 14.2 Å². The van der Waals surface area contributed by atoms with Crippen LogP contribution in [0.25, 0.3) is 11.0 Å². The number of rotatable bonds is 6. The lowest BCUT2D eigenvalue weighted by Crippen LogP contribution is -2.34. The van der Waals surface area contributed by atoms with Crippen LogP contribution in [-0.4, -0.2) is 40.9 Å². The molecule has 1 aromatic carbocycles. The molecule has 0 aliphatic rings. The van der Waals surface area contributed by atoms with Gasteiger partial charge in [0, 0.05) is 26.7 Å². The number of halogens is 1. The van der Waals surface area contributed by atoms with Gasteiger partial charge in [0.05, 0.1) is 16.6 Å². The lowest BCUT2D eigenvalue weighted by atomic mass is 10.0. The molecule has 6 heteroatoms. The molecule has 1 heterocycles. The van der Waals surface area contributed by atoms with Crippen molar-refractivity contribution in [1.82, 2.24) is 9.97 Å². The molecule has 0 aliphatic heterocycles. The highest BCUT2D eigenvalue weighted by atomic mass is 19.1. The zero-order valence-electron chi connectivity index (χ0n) is 11.0. The molecule has 0 bridgehead atoms. The van der Waals surface area contributed by atoms with Gasteiger partial charge in [0.25, 0.3) is 0 Å². The lowest BCUT2D eigenvalue weighted by Gasteiger charge is -2.22. The predicted octanol–water partition coefficient (Wildman–Crippen LogP) is 1.90. The second-order valence-corrected chi connectivity index (χ2v) is 4.84. The van der Waals surface area contributed by atoms with E-state index in [2.05, 4.69) is 15.3 Å². The smallest absolute Gasteiger partial charge is 0.201 e. The van der Waals surface area contributed by atoms with Crippen molar-refractivity contribution in [3.05, 3.63) is 24.0 Å². The molecule has 0 fully saturated rings. The van der Waals surface area contributed by atoms with Crippen LogP contribution in [0.3, 0.4) is 0 Å². The van der Waals surface area contributed by atoms with Crippen molar-refractivity contribution in [2.75, 3.05) is 25.6 Å². The van der Waals surface area contributed by atoms with Gasteiger partial charge in [-0.2, -0.15) is 0 Å². The number of aromatic amines is 1. The van der Waals surface area contributed by atoms with Gasteiger partial charge in [-0.15, -0.1) is 0 Å². The first-order chi connectivity index (χ1) is 9.00. The molecule has 2 rings (SSSR count). The quantitative estimate of drug-likeness (QED) is 0.747. The first kappa shape index (κ1) is 13.8. The summed E-state index contributed by atoms with van der Waals surface area (Å²) in [6, 6.07) is 4.35. The minimum Gasteiger partial charge on any atom is -0.388 e. The molecule has 0 saturated carbocycles. The van der Waals surface area contributed by atoms with Crippen molar-refractivity contribution in [3.8, 4) is 0 Å². The second-order valence-electron chi connectivity index (χ2n) is 4.84. The molecule has 0 radical (unpaired) electrons. The third-order valence-electron chi connectivity index (χ3n) is 2.93. The van der Waals surface area contributed by atoms with Crippen LogP contribution in [0.15, 0.2) is 18.2 Å². The summed E-state index contributed by atoms with van der Waals surface area (Å²) in [4.78, 5) is 7.22. The summed E-state index contributed by atoms with van der Waals surface area (Å²) in [5.74, 6) is 0.202. The summed E-state index contributed by atoms with van der Waals surface area (Å²) in [5.41, 5.74) is 0.416. The third kappa shape index (κ3) is 3.65. The van der Waals surface area contributed by atoms with Gasteiger partial charge in [-0.05, 0) is 25.1 Å². The van der Waals surface area contributed by atoms with Gasteiger partial charge < -0.3 is 20.1 Å². The number of fused-ring (bicyclic) bond motifs is 1. The Hall–Kier alpha value is -1.66. The van der Waals surface area contributed by atoms with Gasteiger partial charge in [0.1, 0.15) is 5.82 Å². The van der Waals surface area contributed by atoms with E-state index >= 15 is 0 Å². The molecule has 0 aliphatic carbocycles. The molecule has 1 unspecified atom stereocenters. The Kier molecular flexibility index (Phi) is 4.01. The molecule has 1 aromatic heterocycles. The second kappa shape index (κ2) is 5.54. The zero-order valence-corrected chi connectivity index (χ0v) is 11.0. The molecule has 2 aromatic rings. The fourth-order valence-electron chi connectivity index (χ4n) is 1.75. The standard InChI is InChI=1S/C13H18FN3O2/c1-13(18,5-6-19-2)8-15-12-16-10-4-3-9(14)7-11(10)17-12/h3-4,7,18H,5-6,8H2,1-2H3,(H2,15,16,17). The van der Waals surface area contributed by atoms with E-state index in [4.69, 9.17) is 4.74 Å². The number of benzene rings is 1. The van der Waals surface area contributed by atoms with E-state index in [-0.39, 0.29) is 5.82 Å². The summed E-state index contributed by atoms with van der Waals surface area (Å²) in [6.07, 6.45) is 0.519. The van der Waals surface area contributed by atoms with Crippen molar-refractivity contribution in [2.45, 2.75) is 18.9 Å². The number of nitrogens with zero attached hydrogens (tertiary/aromatic N) is 1. The van der Waals surface area contributed by atoms with E-state index in [1.54, 1.807) is 20.1 Å². The van der Waals surface area contributed by atoms with Crippen LogP contribution < -0.4 is 5.32 Å². The number of methoxy groups -OCH3 is 1. The van der Waals surface area contributed by atoms with E-state index in [9.17, 15) is 9.50 Å². The maximum atomic E-state index is 13.0. The summed E-state index contributed by atoms with van der Waals surface area (Å²) in [6.45, 7) is 2.54. The zero-order chi connectivity index (χ0) is 13.9. The van der Waals surface area contributed by atoms with Gasteiger partial charge in [0.15, 0.2) is 0 Å². The van der Waals surface area contributed by atoms with E-state index in [0.29, 0.717) is 36.6 Å². The summed E-state index contributed by atoms with van der Waals surface area (Å²) in [7, 11) is 1.59. The first-order valence-electron chi connectivity index (χ1n) is 6.11. The average Bonchev–Trinajstić information content (AvgIpc) is 2.76. The maximum Gasteiger partial charge on any atom is 0.201 e. The van der Waals surface area contributed by atoms with Crippen LogP contribution in [-0.2, 0) is 4.74 Å². The Morgan fingerprint density at radius 3 is 3.05 bits per heavy atom.